The molecule has 1 fully saturated rings. The zero-order valence-electron chi connectivity index (χ0n) is 15.3. The lowest BCUT2D eigenvalue weighted by Crippen LogP contribution is -2.50. The summed E-state index contributed by atoms with van der Waals surface area (Å²) in [5.41, 5.74) is 1.63. The molecule has 1 aliphatic heterocycles. The molecule has 7 nitrogen and oxygen atoms in total. The third-order valence-corrected chi connectivity index (χ3v) is 4.71. The van der Waals surface area contributed by atoms with Crippen molar-refractivity contribution in [3.63, 3.8) is 0 Å². The fourth-order valence-corrected chi connectivity index (χ4v) is 3.09. The Morgan fingerprint density at radius 2 is 1.48 bits per heavy atom. The lowest BCUT2D eigenvalue weighted by atomic mass is 10.1. The van der Waals surface area contributed by atoms with Gasteiger partial charge in [0.1, 0.15) is 0 Å². The molecule has 0 spiro atoms. The molecule has 1 saturated heterocycles. The van der Waals surface area contributed by atoms with Gasteiger partial charge in [-0.1, -0.05) is 0 Å². The summed E-state index contributed by atoms with van der Waals surface area (Å²) < 4.78 is 6.53. The molecule has 2 aromatic rings. The number of piperazine rings is 1. The zero-order chi connectivity index (χ0) is 19.2. The molecule has 0 bridgehead atoms. The Hall–Kier alpha value is -3.09. The highest BCUT2D eigenvalue weighted by Crippen LogP contribution is 2.14. The topological polar surface area (TPSA) is 71.9 Å². The van der Waals surface area contributed by atoms with Gasteiger partial charge in [-0.15, -0.1) is 0 Å². The molecule has 3 rings (SSSR count). The first-order chi connectivity index (χ1) is 13.1. The van der Waals surface area contributed by atoms with Crippen molar-refractivity contribution in [3.8, 4) is 5.69 Å². The minimum atomic E-state index is -0.388. The van der Waals surface area contributed by atoms with Crippen LogP contribution in [0.1, 0.15) is 23.2 Å². The van der Waals surface area contributed by atoms with Gasteiger partial charge in [-0.05, 0) is 36.4 Å². The predicted molar refractivity (Wildman–Crippen MR) is 99.5 cm³/mol. The lowest BCUT2D eigenvalue weighted by Gasteiger charge is -2.34. The Labute approximate surface area is 158 Å². The van der Waals surface area contributed by atoms with Gasteiger partial charge in [0.2, 0.25) is 5.91 Å². The highest BCUT2D eigenvalue weighted by molar-refractivity contribution is 5.94. The number of carbonyl (C=O) groups is 3. The predicted octanol–water partition coefficient (Wildman–Crippen LogP) is 1.71. The molecule has 1 aromatic heterocycles. The number of methoxy groups -OCH3 is 1. The third kappa shape index (κ3) is 4.55. The third-order valence-electron chi connectivity index (χ3n) is 4.71. The maximum Gasteiger partial charge on any atom is 0.306 e. The summed E-state index contributed by atoms with van der Waals surface area (Å²) in [6, 6.07) is 11.4. The van der Waals surface area contributed by atoms with Gasteiger partial charge in [-0.2, -0.15) is 0 Å². The molecule has 0 saturated carbocycles. The molecule has 0 N–H and O–H groups in total. The van der Waals surface area contributed by atoms with Crippen LogP contribution in [-0.4, -0.2) is 65.4 Å². The summed E-state index contributed by atoms with van der Waals surface area (Å²) in [5, 5.41) is 0. The van der Waals surface area contributed by atoms with E-state index >= 15 is 0 Å². The summed E-state index contributed by atoms with van der Waals surface area (Å²) in [5.74, 6) is -0.500. The molecule has 27 heavy (non-hydrogen) atoms. The number of hydrogen-bond acceptors (Lipinski definition) is 4. The standard InChI is InChI=1S/C20H23N3O4/c1-27-19(25)9-8-18(24)22-12-14-23(15-13-22)20(26)16-4-6-17(7-5-16)21-10-2-3-11-21/h2-7,10-11H,8-9,12-15H2,1H3. The minimum absolute atomic E-state index is 0.0317. The van der Waals surface area contributed by atoms with E-state index in [1.807, 2.05) is 53.4 Å². The summed E-state index contributed by atoms with van der Waals surface area (Å²) >= 11 is 0. The van der Waals surface area contributed by atoms with Crippen LogP contribution < -0.4 is 0 Å². The number of hydrogen-bond donors (Lipinski definition) is 0. The molecule has 2 heterocycles. The van der Waals surface area contributed by atoms with Crippen molar-refractivity contribution in [1.82, 2.24) is 14.4 Å². The maximum atomic E-state index is 12.7. The van der Waals surface area contributed by atoms with Crippen LogP contribution in [0.2, 0.25) is 0 Å². The van der Waals surface area contributed by atoms with Crippen LogP contribution in [0.4, 0.5) is 0 Å². The van der Waals surface area contributed by atoms with Crippen molar-refractivity contribution < 1.29 is 19.1 Å². The lowest BCUT2D eigenvalue weighted by molar-refractivity contribution is -0.143. The number of nitrogens with zero attached hydrogens (tertiary/aromatic N) is 3. The first kappa shape index (κ1) is 18.7. The first-order valence-electron chi connectivity index (χ1n) is 8.96. The van der Waals surface area contributed by atoms with E-state index in [2.05, 4.69) is 4.74 Å². The summed E-state index contributed by atoms with van der Waals surface area (Å²) in [7, 11) is 1.31. The maximum absolute atomic E-state index is 12.7. The van der Waals surface area contributed by atoms with Crippen LogP contribution in [0, 0.1) is 0 Å². The van der Waals surface area contributed by atoms with Crippen LogP contribution in [-0.2, 0) is 14.3 Å². The molecule has 1 aromatic carbocycles. The number of amides is 2. The van der Waals surface area contributed by atoms with E-state index in [4.69, 9.17) is 0 Å². The highest BCUT2D eigenvalue weighted by Gasteiger charge is 2.25. The Morgan fingerprint density at radius 3 is 2.07 bits per heavy atom. The second-order valence-electron chi connectivity index (χ2n) is 6.39. The summed E-state index contributed by atoms with van der Waals surface area (Å²) in [6.45, 7) is 1.94. The molecule has 0 unspecified atom stereocenters. The number of carbonyl (C=O) groups excluding carboxylic acids is 3. The summed E-state index contributed by atoms with van der Waals surface area (Å²) in [6.07, 6.45) is 4.13. The van der Waals surface area contributed by atoms with Crippen LogP contribution in [0.5, 0.6) is 0 Å². The molecule has 1 aliphatic rings. The van der Waals surface area contributed by atoms with E-state index in [1.54, 1.807) is 9.80 Å². The van der Waals surface area contributed by atoms with E-state index in [9.17, 15) is 14.4 Å². The normalized spacial score (nSPS) is 14.1. The van der Waals surface area contributed by atoms with Gasteiger partial charge in [-0.3, -0.25) is 14.4 Å². The molecular weight excluding hydrogens is 346 g/mol. The van der Waals surface area contributed by atoms with Crippen LogP contribution in [0.15, 0.2) is 48.8 Å². The van der Waals surface area contributed by atoms with Crippen LogP contribution >= 0.6 is 0 Å². The van der Waals surface area contributed by atoms with E-state index in [0.717, 1.165) is 5.69 Å². The van der Waals surface area contributed by atoms with Gasteiger partial charge < -0.3 is 19.1 Å². The van der Waals surface area contributed by atoms with Gasteiger partial charge in [-0.25, -0.2) is 0 Å². The molecule has 142 valence electrons. The van der Waals surface area contributed by atoms with Gasteiger partial charge in [0.05, 0.1) is 13.5 Å². The number of rotatable bonds is 5. The Kier molecular flexibility index (Phi) is 5.90. The second-order valence-corrected chi connectivity index (χ2v) is 6.39. The average Bonchev–Trinajstić information content (AvgIpc) is 3.26. The smallest absolute Gasteiger partial charge is 0.306 e. The second kappa shape index (κ2) is 8.53. The van der Waals surface area contributed by atoms with Crippen LogP contribution in [0.3, 0.4) is 0 Å². The Bertz CT molecular complexity index is 791. The molecule has 0 aliphatic carbocycles. The Morgan fingerprint density at radius 1 is 0.889 bits per heavy atom. The van der Waals surface area contributed by atoms with E-state index in [0.29, 0.717) is 31.7 Å². The van der Waals surface area contributed by atoms with Crippen molar-refractivity contribution in [1.29, 1.82) is 0 Å². The molecular formula is C20H23N3O4. The van der Waals surface area contributed by atoms with Gasteiger partial charge >= 0.3 is 5.97 Å². The average molecular weight is 369 g/mol. The zero-order valence-corrected chi connectivity index (χ0v) is 15.3. The van der Waals surface area contributed by atoms with Crippen molar-refractivity contribution in [2.75, 3.05) is 33.3 Å². The largest absolute Gasteiger partial charge is 0.469 e. The SMILES string of the molecule is COC(=O)CCC(=O)N1CCN(C(=O)c2ccc(-n3cccc3)cc2)CC1. The fourth-order valence-electron chi connectivity index (χ4n) is 3.09. The van der Waals surface area contributed by atoms with Crippen molar-refractivity contribution in [2.45, 2.75) is 12.8 Å². The van der Waals surface area contributed by atoms with Gasteiger partial charge in [0, 0.05) is 56.2 Å². The van der Waals surface area contributed by atoms with Crippen molar-refractivity contribution >= 4 is 17.8 Å². The highest BCUT2D eigenvalue weighted by atomic mass is 16.5. The number of ether oxygens (including phenoxy) is 1. The number of benzene rings is 1. The monoisotopic (exact) mass is 369 g/mol. The first-order valence-corrected chi connectivity index (χ1v) is 8.96. The molecule has 7 heteroatoms. The molecule has 2 amide bonds. The van der Waals surface area contributed by atoms with Crippen molar-refractivity contribution in [3.05, 3.63) is 54.4 Å². The minimum Gasteiger partial charge on any atom is -0.469 e. The van der Waals surface area contributed by atoms with Gasteiger partial charge in [0.15, 0.2) is 0 Å². The Balaban J connectivity index is 1.52. The van der Waals surface area contributed by atoms with Gasteiger partial charge in [0.25, 0.3) is 5.91 Å². The fraction of sp³-hybridized carbons (Fsp3) is 0.350. The van der Waals surface area contributed by atoms with Crippen molar-refractivity contribution in [2.24, 2.45) is 0 Å². The number of esters is 1. The summed E-state index contributed by atoms with van der Waals surface area (Å²) in [4.78, 5) is 39.4. The van der Waals surface area contributed by atoms with Crippen LogP contribution in [0.25, 0.3) is 5.69 Å². The van der Waals surface area contributed by atoms with E-state index < -0.39 is 0 Å². The number of aromatic nitrogens is 1. The van der Waals surface area contributed by atoms with E-state index in [-0.39, 0.29) is 30.6 Å². The quantitative estimate of drug-likeness (QED) is 0.753. The molecule has 0 atom stereocenters. The van der Waals surface area contributed by atoms with E-state index in [1.165, 1.54) is 7.11 Å². The molecule has 0 radical (unpaired) electrons.